The van der Waals surface area contributed by atoms with Crippen LogP contribution < -0.4 is 4.74 Å². The molecular weight excluding hydrogens is 267 g/mol. The predicted octanol–water partition coefficient (Wildman–Crippen LogP) is 3.63. The summed E-state index contributed by atoms with van der Waals surface area (Å²) in [6.45, 7) is 0.204. The Kier molecular flexibility index (Phi) is 4.77. The molecule has 0 heterocycles. The first-order valence-electron chi connectivity index (χ1n) is 5.93. The topological polar surface area (TPSA) is 29.5 Å². The molecule has 2 nitrogen and oxygen atoms in total. The Morgan fingerprint density at radius 3 is 2.63 bits per heavy atom. The summed E-state index contributed by atoms with van der Waals surface area (Å²) in [4.78, 5) is 0. The van der Waals surface area contributed by atoms with Gasteiger partial charge in [-0.2, -0.15) is 0 Å². The summed E-state index contributed by atoms with van der Waals surface area (Å²) in [6, 6.07) is 13.2. The van der Waals surface area contributed by atoms with Crippen molar-refractivity contribution in [3.05, 3.63) is 64.9 Å². The molecule has 1 unspecified atom stereocenters. The molecule has 0 aliphatic heterocycles. The number of benzene rings is 2. The average molecular weight is 281 g/mol. The lowest BCUT2D eigenvalue weighted by atomic mass is 10.0. The van der Waals surface area contributed by atoms with Crippen LogP contribution in [0.4, 0.5) is 4.39 Å². The van der Waals surface area contributed by atoms with E-state index in [1.807, 2.05) is 12.1 Å². The molecule has 2 aromatic carbocycles. The molecule has 0 radical (unpaired) electrons. The van der Waals surface area contributed by atoms with Crippen molar-refractivity contribution in [2.24, 2.45) is 0 Å². The molecule has 0 aromatic heterocycles. The van der Waals surface area contributed by atoms with Gasteiger partial charge in [0.2, 0.25) is 0 Å². The second-order valence-corrected chi connectivity index (χ2v) is 4.64. The molecular formula is C15H14ClFO2. The van der Waals surface area contributed by atoms with Crippen LogP contribution in [0, 0.1) is 5.82 Å². The van der Waals surface area contributed by atoms with Gasteiger partial charge in [0, 0.05) is 17.0 Å². The average Bonchev–Trinajstić information content (AvgIpc) is 2.40. The maximum absolute atomic E-state index is 13.0. The third-order valence-corrected chi connectivity index (χ3v) is 3.02. The monoisotopic (exact) mass is 280 g/mol. The van der Waals surface area contributed by atoms with Gasteiger partial charge in [0.25, 0.3) is 0 Å². The van der Waals surface area contributed by atoms with Crippen molar-refractivity contribution in [2.45, 2.75) is 5.92 Å². The molecule has 0 spiro atoms. The van der Waals surface area contributed by atoms with E-state index in [1.165, 1.54) is 12.1 Å². The second kappa shape index (κ2) is 6.55. The molecule has 0 saturated heterocycles. The van der Waals surface area contributed by atoms with Crippen LogP contribution in [0.1, 0.15) is 11.5 Å². The van der Waals surface area contributed by atoms with Crippen molar-refractivity contribution >= 4 is 11.6 Å². The first-order chi connectivity index (χ1) is 9.19. The number of ether oxygens (including phenoxy) is 1. The molecule has 0 bridgehead atoms. The summed E-state index contributed by atoms with van der Waals surface area (Å²) in [5.74, 6) is -0.0942. The number of aliphatic hydroxyl groups excluding tert-OH is 1. The second-order valence-electron chi connectivity index (χ2n) is 4.20. The molecule has 0 saturated carbocycles. The highest BCUT2D eigenvalue weighted by molar-refractivity contribution is 6.30. The molecule has 19 heavy (non-hydrogen) atoms. The Bertz CT molecular complexity index is 545. The summed E-state index contributed by atoms with van der Waals surface area (Å²) in [5.41, 5.74) is 0.895. The molecule has 2 aromatic rings. The van der Waals surface area contributed by atoms with Crippen molar-refractivity contribution in [3.8, 4) is 5.75 Å². The van der Waals surface area contributed by atoms with E-state index in [2.05, 4.69) is 0 Å². The van der Waals surface area contributed by atoms with Gasteiger partial charge in [-0.15, -0.1) is 0 Å². The van der Waals surface area contributed by atoms with E-state index in [0.717, 1.165) is 5.56 Å². The molecule has 2 rings (SSSR count). The first kappa shape index (κ1) is 13.8. The fourth-order valence-electron chi connectivity index (χ4n) is 1.77. The highest BCUT2D eigenvalue weighted by Gasteiger charge is 2.12. The zero-order valence-corrected chi connectivity index (χ0v) is 11.0. The molecule has 0 aliphatic carbocycles. The van der Waals surface area contributed by atoms with Gasteiger partial charge in [-0.3, -0.25) is 0 Å². The summed E-state index contributed by atoms with van der Waals surface area (Å²) in [7, 11) is 0. The highest BCUT2D eigenvalue weighted by atomic mass is 35.5. The maximum Gasteiger partial charge on any atom is 0.126 e. The van der Waals surface area contributed by atoms with E-state index in [1.54, 1.807) is 24.3 Å². The van der Waals surface area contributed by atoms with Crippen LogP contribution >= 0.6 is 11.6 Å². The van der Waals surface area contributed by atoms with Crippen molar-refractivity contribution in [3.63, 3.8) is 0 Å². The minimum Gasteiger partial charge on any atom is -0.493 e. The summed E-state index contributed by atoms with van der Waals surface area (Å²) in [6.07, 6.45) is 0. The summed E-state index contributed by atoms with van der Waals surface area (Å²) >= 11 is 5.91. The normalized spacial score (nSPS) is 12.2. The lowest BCUT2D eigenvalue weighted by Crippen LogP contribution is -2.14. The van der Waals surface area contributed by atoms with Crippen molar-refractivity contribution in [1.29, 1.82) is 0 Å². The zero-order valence-electron chi connectivity index (χ0n) is 10.2. The van der Waals surface area contributed by atoms with Crippen molar-refractivity contribution in [1.82, 2.24) is 0 Å². The fourth-order valence-corrected chi connectivity index (χ4v) is 1.97. The van der Waals surface area contributed by atoms with Gasteiger partial charge >= 0.3 is 0 Å². The summed E-state index contributed by atoms with van der Waals surface area (Å²) < 4.78 is 18.5. The number of halogens is 2. The Hall–Kier alpha value is -1.58. The smallest absolute Gasteiger partial charge is 0.126 e. The van der Waals surface area contributed by atoms with Crippen LogP contribution in [-0.4, -0.2) is 18.3 Å². The van der Waals surface area contributed by atoms with E-state index in [-0.39, 0.29) is 24.9 Å². The van der Waals surface area contributed by atoms with Crippen molar-refractivity contribution < 1.29 is 14.2 Å². The van der Waals surface area contributed by atoms with E-state index in [0.29, 0.717) is 10.8 Å². The zero-order chi connectivity index (χ0) is 13.7. The SMILES string of the molecule is OCC(COc1cccc(F)c1)c1cccc(Cl)c1. The molecule has 0 aliphatic rings. The first-order valence-corrected chi connectivity index (χ1v) is 6.31. The van der Waals surface area contributed by atoms with Gasteiger partial charge in [-0.25, -0.2) is 4.39 Å². The lowest BCUT2D eigenvalue weighted by Gasteiger charge is -2.16. The van der Waals surface area contributed by atoms with E-state index in [4.69, 9.17) is 16.3 Å². The van der Waals surface area contributed by atoms with Crippen LogP contribution in [0.25, 0.3) is 0 Å². The molecule has 0 fully saturated rings. The highest BCUT2D eigenvalue weighted by Crippen LogP contribution is 2.21. The van der Waals surface area contributed by atoms with Crippen molar-refractivity contribution in [2.75, 3.05) is 13.2 Å². The Balaban J connectivity index is 2.04. The van der Waals surface area contributed by atoms with Crippen LogP contribution in [-0.2, 0) is 0 Å². The molecule has 4 heteroatoms. The van der Waals surface area contributed by atoms with E-state index >= 15 is 0 Å². The van der Waals surface area contributed by atoms with Gasteiger partial charge < -0.3 is 9.84 Å². The standard InChI is InChI=1S/C15H14ClFO2/c16-13-4-1-3-11(7-13)12(9-18)10-19-15-6-2-5-14(17)8-15/h1-8,12,18H,9-10H2. The fraction of sp³-hybridized carbons (Fsp3) is 0.200. The Morgan fingerprint density at radius 1 is 1.16 bits per heavy atom. The number of rotatable bonds is 5. The minimum atomic E-state index is -0.346. The van der Waals surface area contributed by atoms with Gasteiger partial charge in [0.1, 0.15) is 11.6 Å². The predicted molar refractivity (Wildman–Crippen MR) is 73.2 cm³/mol. The van der Waals surface area contributed by atoms with Gasteiger partial charge in [-0.1, -0.05) is 29.8 Å². The quantitative estimate of drug-likeness (QED) is 0.906. The Labute approximate surface area is 116 Å². The van der Waals surface area contributed by atoms with Crippen LogP contribution in [0.2, 0.25) is 5.02 Å². The van der Waals surface area contributed by atoms with Gasteiger partial charge in [-0.05, 0) is 29.8 Å². The van der Waals surface area contributed by atoms with Crippen LogP contribution in [0.3, 0.4) is 0 Å². The van der Waals surface area contributed by atoms with Gasteiger partial charge in [0.05, 0.1) is 13.2 Å². The molecule has 0 amide bonds. The third kappa shape index (κ3) is 3.94. The molecule has 100 valence electrons. The maximum atomic E-state index is 13.0. The van der Waals surface area contributed by atoms with Crippen LogP contribution in [0.15, 0.2) is 48.5 Å². The van der Waals surface area contributed by atoms with Crippen LogP contribution in [0.5, 0.6) is 5.75 Å². The lowest BCUT2D eigenvalue weighted by molar-refractivity contribution is 0.204. The number of aliphatic hydroxyl groups is 1. The largest absolute Gasteiger partial charge is 0.493 e. The Morgan fingerprint density at radius 2 is 1.95 bits per heavy atom. The minimum absolute atomic E-state index is 0.0599. The van der Waals surface area contributed by atoms with E-state index in [9.17, 15) is 9.50 Å². The number of hydrogen-bond donors (Lipinski definition) is 1. The molecule has 1 atom stereocenters. The third-order valence-electron chi connectivity index (χ3n) is 2.79. The molecule has 1 N–H and O–H groups in total. The number of hydrogen-bond acceptors (Lipinski definition) is 2. The van der Waals surface area contributed by atoms with E-state index < -0.39 is 0 Å². The van der Waals surface area contributed by atoms with Gasteiger partial charge in [0.15, 0.2) is 0 Å². The summed E-state index contributed by atoms with van der Waals surface area (Å²) in [5, 5.41) is 10.0.